The molecule has 1 heterocycles. The lowest BCUT2D eigenvalue weighted by molar-refractivity contribution is -0.138. The van der Waals surface area contributed by atoms with Crippen LogP contribution in [-0.4, -0.2) is 4.98 Å². The summed E-state index contributed by atoms with van der Waals surface area (Å²) in [6.45, 7) is 0. The Morgan fingerprint density at radius 1 is 1.16 bits per heavy atom. The highest BCUT2D eigenvalue weighted by molar-refractivity contribution is 5.54. The Bertz CT molecular complexity index is 599. The van der Waals surface area contributed by atoms with Crippen molar-refractivity contribution in [3.05, 3.63) is 47.9 Å². The number of rotatable bonds is 2. The van der Waals surface area contributed by atoms with Gasteiger partial charge in [-0.2, -0.15) is 13.2 Å². The second kappa shape index (κ2) is 4.75. The number of pyridine rings is 1. The molecule has 0 aliphatic carbocycles. The van der Waals surface area contributed by atoms with E-state index in [9.17, 15) is 17.6 Å². The molecular weight excluding hydrogens is 264 g/mol. The molecule has 1 aromatic heterocycles. The first-order valence-electron chi connectivity index (χ1n) is 5.13. The molecule has 2 N–H and O–H groups in total. The second-order valence-corrected chi connectivity index (χ2v) is 3.64. The SMILES string of the molecule is Nc1cc(F)ccc1Oc1ncccc1C(F)(F)F. The lowest BCUT2D eigenvalue weighted by atomic mass is 10.2. The predicted octanol–water partition coefficient (Wildman–Crippen LogP) is 3.61. The zero-order valence-corrected chi connectivity index (χ0v) is 9.41. The van der Waals surface area contributed by atoms with Crippen LogP contribution in [0.3, 0.4) is 0 Å². The fourth-order valence-corrected chi connectivity index (χ4v) is 1.40. The van der Waals surface area contributed by atoms with Gasteiger partial charge in [0.1, 0.15) is 11.4 Å². The topological polar surface area (TPSA) is 48.1 Å². The Morgan fingerprint density at radius 3 is 2.53 bits per heavy atom. The minimum absolute atomic E-state index is 0.0920. The summed E-state index contributed by atoms with van der Waals surface area (Å²) in [6, 6.07) is 5.10. The summed E-state index contributed by atoms with van der Waals surface area (Å²) in [4.78, 5) is 3.51. The van der Waals surface area contributed by atoms with E-state index in [4.69, 9.17) is 10.5 Å². The molecule has 0 radical (unpaired) electrons. The Kier molecular flexibility index (Phi) is 3.28. The molecule has 0 amide bonds. The molecule has 0 fully saturated rings. The van der Waals surface area contributed by atoms with Crippen LogP contribution in [0.15, 0.2) is 36.5 Å². The average Bonchev–Trinajstić information content (AvgIpc) is 2.32. The first-order valence-corrected chi connectivity index (χ1v) is 5.13. The average molecular weight is 272 g/mol. The number of anilines is 1. The van der Waals surface area contributed by atoms with Crippen LogP contribution in [0.25, 0.3) is 0 Å². The van der Waals surface area contributed by atoms with E-state index in [2.05, 4.69) is 4.98 Å². The van der Waals surface area contributed by atoms with Crippen LogP contribution in [0, 0.1) is 5.82 Å². The number of nitrogen functional groups attached to an aromatic ring is 1. The molecule has 0 saturated carbocycles. The maximum absolute atomic E-state index is 12.8. The summed E-state index contributed by atoms with van der Waals surface area (Å²) >= 11 is 0. The van der Waals surface area contributed by atoms with E-state index in [1.54, 1.807) is 0 Å². The molecule has 0 bridgehead atoms. The quantitative estimate of drug-likeness (QED) is 0.671. The smallest absolute Gasteiger partial charge is 0.421 e. The van der Waals surface area contributed by atoms with Crippen molar-refractivity contribution >= 4 is 5.69 Å². The molecule has 19 heavy (non-hydrogen) atoms. The van der Waals surface area contributed by atoms with Crippen LogP contribution in [0.5, 0.6) is 11.6 Å². The van der Waals surface area contributed by atoms with E-state index in [0.29, 0.717) is 0 Å². The highest BCUT2D eigenvalue weighted by atomic mass is 19.4. The largest absolute Gasteiger partial charge is 0.436 e. The van der Waals surface area contributed by atoms with Gasteiger partial charge < -0.3 is 10.5 Å². The summed E-state index contributed by atoms with van der Waals surface area (Å²) in [5.41, 5.74) is 4.31. The molecule has 0 spiro atoms. The summed E-state index contributed by atoms with van der Waals surface area (Å²) in [5, 5.41) is 0. The number of nitrogens with two attached hydrogens (primary N) is 1. The molecule has 0 atom stereocenters. The van der Waals surface area contributed by atoms with Crippen LogP contribution >= 0.6 is 0 Å². The Balaban J connectivity index is 2.39. The minimum Gasteiger partial charge on any atom is -0.436 e. The van der Waals surface area contributed by atoms with E-state index in [-0.39, 0.29) is 11.4 Å². The molecule has 3 nitrogen and oxygen atoms in total. The van der Waals surface area contributed by atoms with Gasteiger partial charge in [0.05, 0.1) is 5.69 Å². The molecule has 0 unspecified atom stereocenters. The van der Waals surface area contributed by atoms with Crippen molar-refractivity contribution in [3.63, 3.8) is 0 Å². The van der Waals surface area contributed by atoms with Gasteiger partial charge in [-0.25, -0.2) is 9.37 Å². The van der Waals surface area contributed by atoms with Gasteiger partial charge in [-0.3, -0.25) is 0 Å². The lowest BCUT2D eigenvalue weighted by Gasteiger charge is -2.13. The first kappa shape index (κ1) is 13.1. The molecule has 2 aromatic rings. The van der Waals surface area contributed by atoms with E-state index in [1.165, 1.54) is 0 Å². The van der Waals surface area contributed by atoms with Crippen LogP contribution in [0.2, 0.25) is 0 Å². The monoisotopic (exact) mass is 272 g/mol. The zero-order chi connectivity index (χ0) is 14.0. The third-order valence-electron chi connectivity index (χ3n) is 2.26. The van der Waals surface area contributed by atoms with E-state index >= 15 is 0 Å². The third-order valence-corrected chi connectivity index (χ3v) is 2.26. The van der Waals surface area contributed by atoms with E-state index < -0.39 is 23.4 Å². The Hall–Kier alpha value is -2.31. The van der Waals surface area contributed by atoms with Gasteiger partial charge in [0.25, 0.3) is 0 Å². The van der Waals surface area contributed by atoms with Crippen molar-refractivity contribution in [3.8, 4) is 11.6 Å². The summed E-state index contributed by atoms with van der Waals surface area (Å²) in [5.74, 6) is -1.33. The van der Waals surface area contributed by atoms with E-state index in [1.807, 2.05) is 0 Å². The van der Waals surface area contributed by atoms with Gasteiger partial charge in [0.2, 0.25) is 5.88 Å². The van der Waals surface area contributed by atoms with Crippen LogP contribution in [-0.2, 0) is 6.18 Å². The van der Waals surface area contributed by atoms with Gasteiger partial charge >= 0.3 is 6.18 Å². The number of benzene rings is 1. The highest BCUT2D eigenvalue weighted by Crippen LogP contribution is 2.37. The van der Waals surface area contributed by atoms with Crippen molar-refractivity contribution in [1.82, 2.24) is 4.98 Å². The fourth-order valence-electron chi connectivity index (χ4n) is 1.40. The predicted molar refractivity (Wildman–Crippen MR) is 60.1 cm³/mol. The molecule has 0 aliphatic heterocycles. The number of alkyl halides is 3. The van der Waals surface area contributed by atoms with Crippen LogP contribution < -0.4 is 10.5 Å². The zero-order valence-electron chi connectivity index (χ0n) is 9.41. The molecule has 7 heteroatoms. The van der Waals surface area contributed by atoms with E-state index in [0.717, 1.165) is 36.5 Å². The Labute approximate surface area is 105 Å². The summed E-state index contributed by atoms with van der Waals surface area (Å²) < 4.78 is 55.9. The third kappa shape index (κ3) is 2.93. The number of halogens is 4. The minimum atomic E-state index is -4.60. The van der Waals surface area contributed by atoms with Gasteiger partial charge in [-0.1, -0.05) is 0 Å². The number of hydrogen-bond donors (Lipinski definition) is 1. The molecule has 2 rings (SSSR count). The van der Waals surface area contributed by atoms with Crippen molar-refractivity contribution in [2.75, 3.05) is 5.73 Å². The van der Waals surface area contributed by atoms with Gasteiger partial charge in [-0.05, 0) is 24.3 Å². The number of ether oxygens (including phenoxy) is 1. The maximum atomic E-state index is 12.8. The standard InChI is InChI=1S/C12H8F4N2O/c13-7-3-4-10(9(17)6-7)19-11-8(12(14,15)16)2-1-5-18-11/h1-6H,17H2. The van der Waals surface area contributed by atoms with Gasteiger partial charge in [0, 0.05) is 12.3 Å². The number of hydrogen-bond acceptors (Lipinski definition) is 3. The Morgan fingerprint density at radius 2 is 1.89 bits per heavy atom. The lowest BCUT2D eigenvalue weighted by Crippen LogP contribution is -2.08. The van der Waals surface area contributed by atoms with Crippen LogP contribution in [0.1, 0.15) is 5.56 Å². The number of aromatic nitrogens is 1. The molecular formula is C12H8F4N2O. The van der Waals surface area contributed by atoms with Crippen molar-refractivity contribution in [2.24, 2.45) is 0 Å². The highest BCUT2D eigenvalue weighted by Gasteiger charge is 2.35. The molecule has 100 valence electrons. The number of nitrogens with zero attached hydrogens (tertiary/aromatic N) is 1. The van der Waals surface area contributed by atoms with Gasteiger partial charge in [0.15, 0.2) is 5.75 Å². The molecule has 0 saturated heterocycles. The summed E-state index contributed by atoms with van der Waals surface area (Å²) in [7, 11) is 0. The molecule has 1 aromatic carbocycles. The van der Waals surface area contributed by atoms with Crippen molar-refractivity contribution in [2.45, 2.75) is 6.18 Å². The van der Waals surface area contributed by atoms with Crippen molar-refractivity contribution in [1.29, 1.82) is 0 Å². The fraction of sp³-hybridized carbons (Fsp3) is 0.0833. The first-order chi connectivity index (χ1) is 8.88. The normalized spacial score (nSPS) is 11.4. The summed E-state index contributed by atoms with van der Waals surface area (Å²) in [6.07, 6.45) is -3.44. The second-order valence-electron chi connectivity index (χ2n) is 3.64. The molecule has 0 aliphatic rings. The van der Waals surface area contributed by atoms with Crippen LogP contribution in [0.4, 0.5) is 23.2 Å². The maximum Gasteiger partial charge on any atom is 0.421 e. The van der Waals surface area contributed by atoms with Crippen molar-refractivity contribution < 1.29 is 22.3 Å². The van der Waals surface area contributed by atoms with Gasteiger partial charge in [-0.15, -0.1) is 0 Å².